The Morgan fingerprint density at radius 3 is 2.42 bits per heavy atom. The van der Waals surface area contributed by atoms with Crippen LogP contribution in [0.1, 0.15) is 16.8 Å². The Balaban J connectivity index is 2.05. The van der Waals surface area contributed by atoms with Gasteiger partial charge in [-0.2, -0.15) is 13.2 Å². The molecule has 1 aromatic heterocycles. The van der Waals surface area contributed by atoms with Gasteiger partial charge in [-0.1, -0.05) is 29.8 Å². The predicted molar refractivity (Wildman–Crippen MR) is 65.5 cm³/mol. The third-order valence-electron chi connectivity index (χ3n) is 2.52. The van der Waals surface area contributed by atoms with Gasteiger partial charge in [0.05, 0.1) is 0 Å². The number of hydrogen-bond donors (Lipinski definition) is 1. The van der Waals surface area contributed by atoms with Crippen molar-refractivity contribution < 1.29 is 13.2 Å². The molecule has 0 unspecified atom stereocenters. The molecule has 0 atom stereocenters. The van der Waals surface area contributed by atoms with Crippen LogP contribution in [0.4, 0.5) is 19.1 Å². The van der Waals surface area contributed by atoms with E-state index in [-0.39, 0.29) is 5.95 Å². The average molecular weight is 267 g/mol. The van der Waals surface area contributed by atoms with Crippen LogP contribution in [0.25, 0.3) is 0 Å². The number of hydrogen-bond acceptors (Lipinski definition) is 3. The van der Waals surface area contributed by atoms with Gasteiger partial charge >= 0.3 is 6.18 Å². The van der Waals surface area contributed by atoms with Crippen molar-refractivity contribution in [3.63, 3.8) is 0 Å². The molecule has 6 heteroatoms. The molecule has 0 radical (unpaired) electrons. The van der Waals surface area contributed by atoms with Gasteiger partial charge in [0.2, 0.25) is 5.95 Å². The van der Waals surface area contributed by atoms with Gasteiger partial charge in [-0.3, -0.25) is 0 Å². The number of aromatic nitrogens is 2. The standard InChI is InChI=1S/C13H12F3N3/c1-9-2-4-10(5-3-9)8-18-12-17-7-6-11(19-12)13(14,15)16/h2-7H,8H2,1H3,(H,17,18,19). The molecule has 2 rings (SSSR count). The van der Waals surface area contributed by atoms with Gasteiger partial charge in [0.25, 0.3) is 0 Å². The summed E-state index contributed by atoms with van der Waals surface area (Å²) in [5, 5.41) is 2.77. The van der Waals surface area contributed by atoms with Crippen LogP contribution in [0.5, 0.6) is 0 Å². The first-order chi connectivity index (χ1) is 8.95. The summed E-state index contributed by atoms with van der Waals surface area (Å²) in [6.45, 7) is 2.34. The number of rotatable bonds is 3. The van der Waals surface area contributed by atoms with Crippen LogP contribution in [0.15, 0.2) is 36.5 Å². The summed E-state index contributed by atoms with van der Waals surface area (Å²) in [5.74, 6) is -0.0320. The van der Waals surface area contributed by atoms with Gasteiger partial charge < -0.3 is 5.32 Å². The highest BCUT2D eigenvalue weighted by Gasteiger charge is 2.32. The number of benzene rings is 1. The molecule has 0 spiro atoms. The van der Waals surface area contributed by atoms with Gasteiger partial charge in [-0.05, 0) is 18.6 Å². The molecule has 0 amide bonds. The summed E-state index contributed by atoms with van der Waals surface area (Å²) >= 11 is 0. The van der Waals surface area contributed by atoms with E-state index in [0.717, 1.165) is 23.4 Å². The maximum Gasteiger partial charge on any atom is 0.433 e. The van der Waals surface area contributed by atoms with Crippen molar-refractivity contribution in [2.24, 2.45) is 0 Å². The lowest BCUT2D eigenvalue weighted by atomic mass is 10.1. The summed E-state index contributed by atoms with van der Waals surface area (Å²) < 4.78 is 37.4. The van der Waals surface area contributed by atoms with Crippen molar-refractivity contribution in [1.82, 2.24) is 9.97 Å². The zero-order chi connectivity index (χ0) is 13.9. The number of alkyl halides is 3. The van der Waals surface area contributed by atoms with E-state index in [0.29, 0.717) is 6.54 Å². The molecule has 1 aromatic carbocycles. The van der Waals surface area contributed by atoms with Gasteiger partial charge in [0.15, 0.2) is 0 Å². The first-order valence-electron chi connectivity index (χ1n) is 5.65. The molecule has 0 aliphatic carbocycles. The van der Waals surface area contributed by atoms with E-state index in [9.17, 15) is 13.2 Å². The van der Waals surface area contributed by atoms with Gasteiger partial charge in [0.1, 0.15) is 5.69 Å². The van der Waals surface area contributed by atoms with Crippen molar-refractivity contribution in [3.8, 4) is 0 Å². The second-order valence-corrected chi connectivity index (χ2v) is 4.10. The summed E-state index contributed by atoms with van der Waals surface area (Å²) in [7, 11) is 0. The van der Waals surface area contributed by atoms with Crippen LogP contribution < -0.4 is 5.32 Å². The largest absolute Gasteiger partial charge is 0.433 e. The SMILES string of the molecule is Cc1ccc(CNc2nccc(C(F)(F)F)n2)cc1. The van der Waals surface area contributed by atoms with Crippen LogP contribution in [-0.2, 0) is 12.7 Å². The molecule has 0 aliphatic rings. The highest BCUT2D eigenvalue weighted by atomic mass is 19.4. The average Bonchev–Trinajstić information content (AvgIpc) is 2.37. The Morgan fingerprint density at radius 2 is 1.79 bits per heavy atom. The lowest BCUT2D eigenvalue weighted by Crippen LogP contribution is -2.11. The Kier molecular flexibility index (Phi) is 3.69. The Labute approximate surface area is 108 Å². The topological polar surface area (TPSA) is 37.8 Å². The maximum absolute atomic E-state index is 12.5. The van der Waals surface area contributed by atoms with Crippen molar-refractivity contribution in [1.29, 1.82) is 0 Å². The summed E-state index contributed by atoms with van der Waals surface area (Å²) in [6.07, 6.45) is -3.36. The molecular formula is C13H12F3N3. The van der Waals surface area contributed by atoms with Gasteiger partial charge in [-0.25, -0.2) is 9.97 Å². The molecular weight excluding hydrogens is 255 g/mol. The maximum atomic E-state index is 12.5. The molecule has 2 aromatic rings. The number of nitrogens with zero attached hydrogens (tertiary/aromatic N) is 2. The number of nitrogens with one attached hydrogen (secondary N) is 1. The van der Waals surface area contributed by atoms with Gasteiger partial charge in [-0.15, -0.1) is 0 Å². The predicted octanol–water partition coefficient (Wildman–Crippen LogP) is 3.42. The molecule has 100 valence electrons. The number of halogens is 3. The first-order valence-corrected chi connectivity index (χ1v) is 5.65. The highest BCUT2D eigenvalue weighted by molar-refractivity contribution is 5.30. The molecule has 1 N–H and O–H groups in total. The van der Waals surface area contributed by atoms with Gasteiger partial charge in [0, 0.05) is 12.7 Å². The van der Waals surface area contributed by atoms with E-state index in [1.165, 1.54) is 0 Å². The van der Waals surface area contributed by atoms with Crippen LogP contribution in [0, 0.1) is 6.92 Å². The lowest BCUT2D eigenvalue weighted by Gasteiger charge is -2.08. The molecule has 0 aliphatic heterocycles. The lowest BCUT2D eigenvalue weighted by molar-refractivity contribution is -0.141. The highest BCUT2D eigenvalue weighted by Crippen LogP contribution is 2.27. The Hall–Kier alpha value is -2.11. The normalized spacial score (nSPS) is 11.4. The third-order valence-corrected chi connectivity index (χ3v) is 2.52. The van der Waals surface area contributed by atoms with E-state index >= 15 is 0 Å². The van der Waals surface area contributed by atoms with Crippen molar-refractivity contribution >= 4 is 5.95 Å². The summed E-state index contributed by atoms with van der Waals surface area (Å²) in [4.78, 5) is 7.19. The monoisotopic (exact) mass is 267 g/mol. The van der Waals surface area contributed by atoms with Crippen LogP contribution in [0.3, 0.4) is 0 Å². The number of anilines is 1. The second kappa shape index (κ2) is 5.26. The zero-order valence-corrected chi connectivity index (χ0v) is 10.2. The molecule has 19 heavy (non-hydrogen) atoms. The van der Waals surface area contributed by atoms with Crippen LogP contribution in [0.2, 0.25) is 0 Å². The fraction of sp³-hybridized carbons (Fsp3) is 0.231. The first kappa shape index (κ1) is 13.3. The van der Waals surface area contributed by atoms with Crippen LogP contribution >= 0.6 is 0 Å². The van der Waals surface area contributed by atoms with E-state index in [4.69, 9.17) is 0 Å². The van der Waals surface area contributed by atoms with Crippen molar-refractivity contribution in [3.05, 3.63) is 53.3 Å². The smallest absolute Gasteiger partial charge is 0.350 e. The molecule has 0 saturated carbocycles. The number of aryl methyl sites for hydroxylation is 1. The van der Waals surface area contributed by atoms with Crippen LogP contribution in [-0.4, -0.2) is 9.97 Å². The molecule has 0 saturated heterocycles. The van der Waals surface area contributed by atoms with E-state index < -0.39 is 11.9 Å². The van der Waals surface area contributed by atoms with Crippen molar-refractivity contribution in [2.45, 2.75) is 19.6 Å². The minimum atomic E-state index is -4.46. The summed E-state index contributed by atoms with van der Waals surface area (Å²) in [5.41, 5.74) is 1.12. The van der Waals surface area contributed by atoms with E-state index in [1.807, 2.05) is 31.2 Å². The third kappa shape index (κ3) is 3.67. The zero-order valence-electron chi connectivity index (χ0n) is 10.2. The molecule has 3 nitrogen and oxygen atoms in total. The summed E-state index contributed by atoms with van der Waals surface area (Å²) in [6, 6.07) is 8.51. The van der Waals surface area contributed by atoms with E-state index in [1.54, 1.807) is 0 Å². The fourth-order valence-corrected chi connectivity index (χ4v) is 1.49. The minimum Gasteiger partial charge on any atom is -0.350 e. The Bertz CT molecular complexity index is 550. The molecule has 0 fully saturated rings. The van der Waals surface area contributed by atoms with E-state index in [2.05, 4.69) is 15.3 Å². The fourth-order valence-electron chi connectivity index (χ4n) is 1.49. The second-order valence-electron chi connectivity index (χ2n) is 4.10. The Morgan fingerprint density at radius 1 is 1.11 bits per heavy atom. The quantitative estimate of drug-likeness (QED) is 0.926. The molecule has 1 heterocycles. The minimum absolute atomic E-state index is 0.0320. The molecule has 0 bridgehead atoms. The van der Waals surface area contributed by atoms with Crippen molar-refractivity contribution in [2.75, 3.05) is 5.32 Å².